The van der Waals surface area contributed by atoms with Gasteiger partial charge in [0.25, 0.3) is 11.8 Å². The molecule has 8 nitrogen and oxygen atoms in total. The zero-order chi connectivity index (χ0) is 30.5. The van der Waals surface area contributed by atoms with Gasteiger partial charge in [0.1, 0.15) is 22.7 Å². The van der Waals surface area contributed by atoms with Crippen molar-refractivity contribution in [1.82, 2.24) is 20.6 Å². The molecule has 5 aromatic rings. The lowest BCUT2D eigenvalue weighted by Gasteiger charge is -2.44. The fourth-order valence-electron chi connectivity index (χ4n) is 5.91. The number of nitrogens with one attached hydrogen (secondary N) is 2. The van der Waals surface area contributed by atoms with E-state index in [9.17, 15) is 14.7 Å². The number of aliphatic hydroxyl groups is 1. The third-order valence-electron chi connectivity index (χ3n) is 8.18. The molecule has 6 rings (SSSR count). The highest BCUT2D eigenvalue weighted by Gasteiger charge is 2.48. The smallest absolute Gasteiger partial charge is 0.255 e. The summed E-state index contributed by atoms with van der Waals surface area (Å²) in [5.74, 6) is -0.756. The second-order valence-electron chi connectivity index (χ2n) is 11.2. The number of hydrogen-bond donors (Lipinski definition) is 3. The Bertz CT molecular complexity index is 1880. The van der Waals surface area contributed by atoms with Crippen LogP contribution in [0.15, 0.2) is 71.4 Å². The van der Waals surface area contributed by atoms with Crippen molar-refractivity contribution < 1.29 is 23.5 Å². The Kier molecular flexibility index (Phi) is 7.06. The molecule has 2 heterocycles. The van der Waals surface area contributed by atoms with Crippen molar-refractivity contribution in [3.63, 3.8) is 0 Å². The van der Waals surface area contributed by atoms with Crippen LogP contribution in [-0.2, 0) is 5.54 Å². The number of aryl methyl sites for hydroxylation is 3. The first kappa shape index (κ1) is 28.2. The molecular formula is C34H31FN4O4. The van der Waals surface area contributed by atoms with E-state index in [-0.39, 0.29) is 46.6 Å². The van der Waals surface area contributed by atoms with Crippen LogP contribution >= 0.6 is 0 Å². The summed E-state index contributed by atoms with van der Waals surface area (Å²) in [6.45, 7) is 5.62. The largest absolute Gasteiger partial charge is 0.455 e. The first-order valence-corrected chi connectivity index (χ1v) is 14.1. The quantitative estimate of drug-likeness (QED) is 0.236. The summed E-state index contributed by atoms with van der Waals surface area (Å²) in [7, 11) is 1.49. The zero-order valence-corrected chi connectivity index (χ0v) is 24.3. The fourth-order valence-corrected chi connectivity index (χ4v) is 5.91. The highest BCUT2D eigenvalue weighted by molar-refractivity contribution is 6.12. The zero-order valence-electron chi connectivity index (χ0n) is 24.3. The molecule has 0 bridgehead atoms. The van der Waals surface area contributed by atoms with Crippen molar-refractivity contribution in [1.29, 1.82) is 0 Å². The molecule has 1 fully saturated rings. The predicted molar refractivity (Wildman–Crippen MR) is 161 cm³/mol. The third-order valence-corrected chi connectivity index (χ3v) is 8.18. The first-order valence-electron chi connectivity index (χ1n) is 14.1. The van der Waals surface area contributed by atoms with E-state index in [2.05, 4.69) is 20.6 Å². The van der Waals surface area contributed by atoms with E-state index in [0.29, 0.717) is 28.1 Å². The van der Waals surface area contributed by atoms with Crippen LogP contribution in [0.4, 0.5) is 4.39 Å². The van der Waals surface area contributed by atoms with Crippen LogP contribution in [0, 0.1) is 26.6 Å². The second kappa shape index (κ2) is 10.7. The maximum absolute atomic E-state index is 16.5. The van der Waals surface area contributed by atoms with Crippen molar-refractivity contribution in [2.75, 3.05) is 7.05 Å². The number of rotatable bonds is 6. The van der Waals surface area contributed by atoms with Gasteiger partial charge in [-0.15, -0.1) is 0 Å². The lowest BCUT2D eigenvalue weighted by atomic mass is 9.73. The minimum absolute atomic E-state index is 0.0713. The summed E-state index contributed by atoms with van der Waals surface area (Å²) >= 11 is 0. The maximum Gasteiger partial charge on any atom is 0.255 e. The number of hydrogen-bond acceptors (Lipinski definition) is 6. The molecule has 0 radical (unpaired) electrons. The molecule has 0 spiro atoms. The monoisotopic (exact) mass is 578 g/mol. The molecule has 3 N–H and O–H groups in total. The Hall–Kier alpha value is -4.89. The highest BCUT2D eigenvalue weighted by Crippen LogP contribution is 2.42. The van der Waals surface area contributed by atoms with Gasteiger partial charge in [0, 0.05) is 49.0 Å². The van der Waals surface area contributed by atoms with Crippen molar-refractivity contribution in [2.45, 2.75) is 45.3 Å². The summed E-state index contributed by atoms with van der Waals surface area (Å²) < 4.78 is 22.6. The lowest BCUT2D eigenvalue weighted by molar-refractivity contribution is -0.00345. The van der Waals surface area contributed by atoms with E-state index in [1.807, 2.05) is 51.1 Å². The highest BCUT2D eigenvalue weighted by atomic mass is 19.1. The van der Waals surface area contributed by atoms with Crippen LogP contribution in [0.2, 0.25) is 0 Å². The van der Waals surface area contributed by atoms with Crippen LogP contribution in [-0.4, -0.2) is 40.0 Å². The fraction of sp³-hybridized carbons (Fsp3) is 0.235. The number of aromatic nitrogens is 2. The van der Waals surface area contributed by atoms with Crippen molar-refractivity contribution in [2.24, 2.45) is 0 Å². The number of furan rings is 1. The molecule has 9 heteroatoms. The number of carbonyl (C=O) groups excluding carboxylic acids is 2. The summed E-state index contributed by atoms with van der Waals surface area (Å²) in [4.78, 5) is 35.4. The molecule has 0 aliphatic heterocycles. The molecule has 0 unspecified atom stereocenters. The number of carbonyl (C=O) groups is 2. The van der Waals surface area contributed by atoms with Crippen molar-refractivity contribution >= 4 is 22.8 Å². The van der Waals surface area contributed by atoms with Gasteiger partial charge in [-0.3, -0.25) is 9.59 Å². The molecule has 0 saturated heterocycles. The number of benzene rings is 3. The van der Waals surface area contributed by atoms with Crippen molar-refractivity contribution in [3.05, 3.63) is 106 Å². The van der Waals surface area contributed by atoms with E-state index >= 15 is 4.39 Å². The Morgan fingerprint density at radius 3 is 2.30 bits per heavy atom. The van der Waals surface area contributed by atoms with E-state index < -0.39 is 23.4 Å². The lowest BCUT2D eigenvalue weighted by Crippen LogP contribution is -2.57. The van der Waals surface area contributed by atoms with Gasteiger partial charge in [0.2, 0.25) is 0 Å². The first-order chi connectivity index (χ1) is 20.6. The molecular weight excluding hydrogens is 547 g/mol. The molecule has 43 heavy (non-hydrogen) atoms. The van der Waals surface area contributed by atoms with Crippen LogP contribution in [0.1, 0.15) is 56.1 Å². The molecule has 2 amide bonds. The molecule has 1 saturated carbocycles. The van der Waals surface area contributed by atoms with Gasteiger partial charge in [-0.25, -0.2) is 14.4 Å². The van der Waals surface area contributed by atoms with Crippen LogP contribution in [0.25, 0.3) is 33.4 Å². The maximum atomic E-state index is 16.5. The molecule has 1 aliphatic carbocycles. The van der Waals surface area contributed by atoms with E-state index in [1.165, 1.54) is 7.05 Å². The Morgan fingerprint density at radius 1 is 0.953 bits per heavy atom. The molecule has 2 aromatic heterocycles. The van der Waals surface area contributed by atoms with Gasteiger partial charge < -0.3 is 20.2 Å². The number of aliphatic hydroxyl groups excluding tert-OH is 1. The van der Waals surface area contributed by atoms with E-state index in [4.69, 9.17) is 4.42 Å². The average Bonchev–Trinajstić information content (AvgIpc) is 3.38. The molecule has 3 aromatic carbocycles. The number of nitrogens with zero attached hydrogens (tertiary/aromatic N) is 2. The van der Waals surface area contributed by atoms with Crippen LogP contribution < -0.4 is 10.6 Å². The van der Waals surface area contributed by atoms with E-state index in [0.717, 1.165) is 11.1 Å². The predicted octanol–water partition coefficient (Wildman–Crippen LogP) is 5.76. The Morgan fingerprint density at radius 2 is 1.65 bits per heavy atom. The molecule has 1 aliphatic rings. The number of amides is 2. The Balaban J connectivity index is 1.45. The van der Waals surface area contributed by atoms with Crippen molar-refractivity contribution in [3.8, 4) is 22.5 Å². The van der Waals surface area contributed by atoms with Gasteiger partial charge in [-0.2, -0.15) is 0 Å². The second-order valence-corrected chi connectivity index (χ2v) is 11.2. The van der Waals surface area contributed by atoms with Crippen LogP contribution in [0.5, 0.6) is 0 Å². The normalized spacial score (nSPS) is 17.9. The SMILES string of the molecule is CNC(=O)c1c(-c2ccc(C)cc2)oc2ccc(-c3cc(C(=O)NC4(c5ncccn5)CC(O)C4)c(C)cc3C)c(F)c12. The van der Waals surface area contributed by atoms with Gasteiger partial charge in [-0.1, -0.05) is 35.9 Å². The molecule has 218 valence electrons. The minimum atomic E-state index is -0.898. The number of fused-ring (bicyclic) bond motifs is 1. The van der Waals surface area contributed by atoms with Gasteiger partial charge >= 0.3 is 0 Å². The van der Waals surface area contributed by atoms with Gasteiger partial charge in [0.05, 0.1) is 17.1 Å². The van der Waals surface area contributed by atoms with E-state index in [1.54, 1.807) is 36.7 Å². The van der Waals surface area contributed by atoms with Gasteiger partial charge in [0.15, 0.2) is 5.82 Å². The topological polar surface area (TPSA) is 117 Å². The number of halogens is 1. The van der Waals surface area contributed by atoms with Crippen LogP contribution in [0.3, 0.4) is 0 Å². The molecule has 0 atom stereocenters. The summed E-state index contributed by atoms with van der Waals surface area (Å²) in [6, 6.07) is 15.9. The summed E-state index contributed by atoms with van der Waals surface area (Å²) in [6.07, 6.45) is 3.20. The summed E-state index contributed by atoms with van der Waals surface area (Å²) in [5.41, 5.74) is 3.72. The van der Waals surface area contributed by atoms with Gasteiger partial charge in [-0.05, 0) is 61.7 Å². The average molecular weight is 579 g/mol. The standard InChI is InChI=1S/C34H31FN4O4/c1-18-6-8-21(9-7-18)30-28(32(42)36-4)27-26(43-30)11-10-23(29(27)35)24-15-25(20(3)14-19(24)2)31(41)39-34(16-22(40)17-34)33-37-12-5-13-38-33/h5-15,22,40H,16-17H2,1-4H3,(H,36,42)(H,39,41). The summed E-state index contributed by atoms with van der Waals surface area (Å²) in [5, 5.41) is 15.8. The third kappa shape index (κ3) is 4.85. The Labute approximate surface area is 248 Å². The minimum Gasteiger partial charge on any atom is -0.455 e.